The molecule has 0 fully saturated rings. The van der Waals surface area contributed by atoms with Crippen LogP contribution in [0.2, 0.25) is 0 Å². The normalized spacial score (nSPS) is 10.6. The van der Waals surface area contributed by atoms with Crippen LogP contribution in [0.4, 0.5) is 5.82 Å². The van der Waals surface area contributed by atoms with Crippen molar-refractivity contribution in [2.45, 2.75) is 26.8 Å². The van der Waals surface area contributed by atoms with Crippen molar-refractivity contribution >= 4 is 5.82 Å². The van der Waals surface area contributed by atoms with Crippen LogP contribution >= 0.6 is 0 Å². The van der Waals surface area contributed by atoms with Gasteiger partial charge in [0, 0.05) is 19.2 Å². The minimum atomic E-state index is 0.561. The maximum absolute atomic E-state index is 5.82. The van der Waals surface area contributed by atoms with E-state index < -0.39 is 0 Å². The first kappa shape index (κ1) is 12.5. The fourth-order valence-electron chi connectivity index (χ4n) is 1.93. The summed E-state index contributed by atoms with van der Waals surface area (Å²) < 4.78 is 7.66. The standard InChI is InChI=1S/C14H19N3O/c1-11-5-3-6-12(2)14(11)18-10-4-8-17-9-7-13(15)16-17/h3,5-7,9H,4,8,10H2,1-2H3,(H2,15,16). The van der Waals surface area contributed by atoms with Crippen LogP contribution in [0.3, 0.4) is 0 Å². The summed E-state index contributed by atoms with van der Waals surface area (Å²) in [5, 5.41) is 4.13. The van der Waals surface area contributed by atoms with Crippen LogP contribution in [0.25, 0.3) is 0 Å². The average Bonchev–Trinajstić information content (AvgIpc) is 2.73. The Morgan fingerprint density at radius 3 is 2.56 bits per heavy atom. The molecule has 0 atom stereocenters. The lowest BCUT2D eigenvalue weighted by molar-refractivity contribution is 0.295. The van der Waals surface area contributed by atoms with Crippen molar-refractivity contribution < 1.29 is 4.74 Å². The molecule has 0 spiro atoms. The second-order valence-corrected chi connectivity index (χ2v) is 4.43. The van der Waals surface area contributed by atoms with Gasteiger partial charge >= 0.3 is 0 Å². The van der Waals surface area contributed by atoms with Crippen molar-refractivity contribution in [3.8, 4) is 5.75 Å². The first-order chi connectivity index (χ1) is 8.66. The van der Waals surface area contributed by atoms with Crippen LogP contribution < -0.4 is 10.5 Å². The number of nitrogens with zero attached hydrogens (tertiary/aromatic N) is 2. The number of hydrogen-bond donors (Lipinski definition) is 1. The number of rotatable bonds is 5. The van der Waals surface area contributed by atoms with Gasteiger partial charge in [-0.15, -0.1) is 0 Å². The van der Waals surface area contributed by atoms with E-state index in [0.29, 0.717) is 12.4 Å². The fourth-order valence-corrected chi connectivity index (χ4v) is 1.93. The smallest absolute Gasteiger partial charge is 0.145 e. The monoisotopic (exact) mass is 245 g/mol. The van der Waals surface area contributed by atoms with Gasteiger partial charge in [0.2, 0.25) is 0 Å². The Morgan fingerprint density at radius 1 is 1.22 bits per heavy atom. The Balaban J connectivity index is 1.82. The number of nitrogen functional groups attached to an aromatic ring is 1. The second kappa shape index (κ2) is 5.58. The first-order valence-electron chi connectivity index (χ1n) is 6.15. The number of ether oxygens (including phenoxy) is 1. The van der Waals surface area contributed by atoms with E-state index in [-0.39, 0.29) is 0 Å². The summed E-state index contributed by atoms with van der Waals surface area (Å²) in [6, 6.07) is 7.98. The topological polar surface area (TPSA) is 53.1 Å². The molecule has 0 aliphatic heterocycles. The number of nitrogens with two attached hydrogens (primary N) is 1. The van der Waals surface area contributed by atoms with E-state index in [2.05, 4.69) is 31.1 Å². The van der Waals surface area contributed by atoms with Gasteiger partial charge in [0.1, 0.15) is 11.6 Å². The lowest BCUT2D eigenvalue weighted by Crippen LogP contribution is -2.06. The molecule has 0 aliphatic rings. The molecule has 0 aliphatic carbocycles. The van der Waals surface area contributed by atoms with Crippen LogP contribution in [-0.2, 0) is 6.54 Å². The molecule has 0 amide bonds. The highest BCUT2D eigenvalue weighted by atomic mass is 16.5. The maximum Gasteiger partial charge on any atom is 0.145 e. The molecule has 4 heteroatoms. The molecule has 96 valence electrons. The first-order valence-corrected chi connectivity index (χ1v) is 6.15. The zero-order chi connectivity index (χ0) is 13.0. The third-order valence-corrected chi connectivity index (χ3v) is 2.85. The lowest BCUT2D eigenvalue weighted by atomic mass is 10.1. The van der Waals surface area contributed by atoms with E-state index >= 15 is 0 Å². The van der Waals surface area contributed by atoms with E-state index in [0.717, 1.165) is 18.7 Å². The van der Waals surface area contributed by atoms with Crippen molar-refractivity contribution in [1.29, 1.82) is 0 Å². The van der Waals surface area contributed by atoms with Crippen molar-refractivity contribution in [2.24, 2.45) is 0 Å². The number of aryl methyl sites for hydroxylation is 3. The van der Waals surface area contributed by atoms with Gasteiger partial charge in [0.25, 0.3) is 0 Å². The molecule has 0 saturated heterocycles. The Bertz CT molecular complexity index is 499. The molecule has 18 heavy (non-hydrogen) atoms. The van der Waals surface area contributed by atoms with E-state index in [1.54, 1.807) is 6.07 Å². The molecule has 1 heterocycles. The minimum absolute atomic E-state index is 0.561. The molecule has 4 nitrogen and oxygen atoms in total. The van der Waals surface area contributed by atoms with Crippen molar-refractivity contribution in [2.75, 3.05) is 12.3 Å². The minimum Gasteiger partial charge on any atom is -0.493 e. The van der Waals surface area contributed by atoms with Gasteiger partial charge in [-0.2, -0.15) is 5.10 Å². The summed E-state index contributed by atoms with van der Waals surface area (Å²) in [7, 11) is 0. The quantitative estimate of drug-likeness (QED) is 0.824. The highest BCUT2D eigenvalue weighted by Crippen LogP contribution is 2.22. The number of anilines is 1. The van der Waals surface area contributed by atoms with E-state index in [1.807, 2.05) is 16.9 Å². The Morgan fingerprint density at radius 2 is 1.94 bits per heavy atom. The van der Waals surface area contributed by atoms with Crippen molar-refractivity contribution in [3.05, 3.63) is 41.6 Å². The van der Waals surface area contributed by atoms with Crippen LogP contribution in [0.5, 0.6) is 5.75 Å². The van der Waals surface area contributed by atoms with Gasteiger partial charge in [-0.25, -0.2) is 0 Å². The number of aromatic nitrogens is 2. The van der Waals surface area contributed by atoms with Crippen LogP contribution in [-0.4, -0.2) is 16.4 Å². The van der Waals surface area contributed by atoms with Crippen LogP contribution in [0, 0.1) is 13.8 Å². The van der Waals surface area contributed by atoms with Crippen LogP contribution in [0.1, 0.15) is 17.5 Å². The largest absolute Gasteiger partial charge is 0.493 e. The second-order valence-electron chi connectivity index (χ2n) is 4.43. The molecule has 1 aromatic carbocycles. The third kappa shape index (κ3) is 3.03. The molecule has 0 bridgehead atoms. The summed E-state index contributed by atoms with van der Waals surface area (Å²) in [6.45, 7) is 5.64. The van der Waals surface area contributed by atoms with Gasteiger partial charge in [0.15, 0.2) is 0 Å². The number of para-hydroxylation sites is 1. The average molecular weight is 245 g/mol. The van der Waals surface area contributed by atoms with E-state index in [9.17, 15) is 0 Å². The molecular weight excluding hydrogens is 226 g/mol. The maximum atomic E-state index is 5.82. The van der Waals surface area contributed by atoms with Crippen LogP contribution in [0.15, 0.2) is 30.5 Å². The fraction of sp³-hybridized carbons (Fsp3) is 0.357. The highest BCUT2D eigenvalue weighted by Gasteiger charge is 2.02. The SMILES string of the molecule is Cc1cccc(C)c1OCCCn1ccc(N)n1. The Labute approximate surface area is 107 Å². The van der Waals surface area contributed by atoms with Crippen molar-refractivity contribution in [3.63, 3.8) is 0 Å². The summed E-state index contributed by atoms with van der Waals surface area (Å²) in [5.41, 5.74) is 7.91. The molecule has 2 aromatic rings. The predicted molar refractivity (Wildman–Crippen MR) is 72.7 cm³/mol. The van der Waals surface area contributed by atoms with Gasteiger partial charge in [-0.1, -0.05) is 18.2 Å². The van der Waals surface area contributed by atoms with Gasteiger partial charge in [0.05, 0.1) is 6.61 Å². The van der Waals surface area contributed by atoms with Gasteiger partial charge < -0.3 is 10.5 Å². The van der Waals surface area contributed by atoms with E-state index in [1.165, 1.54) is 11.1 Å². The number of benzene rings is 1. The summed E-state index contributed by atoms with van der Waals surface area (Å²) >= 11 is 0. The molecule has 0 saturated carbocycles. The molecular formula is C14H19N3O. The predicted octanol–water partition coefficient (Wildman–Crippen LogP) is 2.55. The Hall–Kier alpha value is -1.97. The van der Waals surface area contributed by atoms with Crippen molar-refractivity contribution in [1.82, 2.24) is 9.78 Å². The molecule has 2 rings (SSSR count). The molecule has 2 N–H and O–H groups in total. The Kier molecular flexibility index (Phi) is 3.87. The van der Waals surface area contributed by atoms with Gasteiger partial charge in [-0.05, 0) is 31.0 Å². The zero-order valence-electron chi connectivity index (χ0n) is 10.9. The molecule has 1 aromatic heterocycles. The summed E-state index contributed by atoms with van der Waals surface area (Å²) in [5.74, 6) is 1.56. The molecule has 0 radical (unpaired) electrons. The van der Waals surface area contributed by atoms with Gasteiger partial charge in [-0.3, -0.25) is 4.68 Å². The van der Waals surface area contributed by atoms with E-state index in [4.69, 9.17) is 10.5 Å². The molecule has 0 unspecified atom stereocenters. The highest BCUT2D eigenvalue weighted by molar-refractivity contribution is 5.39. The summed E-state index contributed by atoms with van der Waals surface area (Å²) in [4.78, 5) is 0. The number of hydrogen-bond acceptors (Lipinski definition) is 3. The third-order valence-electron chi connectivity index (χ3n) is 2.85. The zero-order valence-corrected chi connectivity index (χ0v) is 10.9. The summed E-state index contributed by atoms with van der Waals surface area (Å²) in [6.07, 6.45) is 2.79. The lowest BCUT2D eigenvalue weighted by Gasteiger charge is -2.11.